The average molecular weight is 428 g/mol. The Labute approximate surface area is 191 Å². The highest BCUT2D eigenvalue weighted by Crippen LogP contribution is 2.41. The van der Waals surface area contributed by atoms with Crippen LogP contribution in [0, 0.1) is 0 Å². The molecule has 1 atom stereocenters. The number of nitrogens with two attached hydrogens (primary N) is 1. The highest BCUT2D eigenvalue weighted by atomic mass is 15.2. The van der Waals surface area contributed by atoms with E-state index in [2.05, 4.69) is 59.4 Å². The van der Waals surface area contributed by atoms with Crippen molar-refractivity contribution in [2.24, 2.45) is 0 Å². The number of aromatic nitrogens is 2. The van der Waals surface area contributed by atoms with Gasteiger partial charge in [-0.1, -0.05) is 36.4 Å². The molecule has 1 aliphatic heterocycles. The van der Waals surface area contributed by atoms with E-state index >= 15 is 0 Å². The molecule has 1 saturated heterocycles. The number of nitrogens with zero attached hydrogens (tertiary/aromatic N) is 4. The van der Waals surface area contributed by atoms with Crippen LogP contribution in [0.2, 0.25) is 0 Å². The quantitative estimate of drug-likeness (QED) is 0.476. The summed E-state index contributed by atoms with van der Waals surface area (Å²) in [5, 5.41) is 0. The summed E-state index contributed by atoms with van der Waals surface area (Å²) in [6, 6.07) is 17.0. The van der Waals surface area contributed by atoms with E-state index in [-0.39, 0.29) is 0 Å². The number of anilines is 1. The first kappa shape index (κ1) is 21.1. The van der Waals surface area contributed by atoms with E-state index in [4.69, 9.17) is 15.7 Å². The number of hydrogen-bond acceptors (Lipinski definition) is 5. The minimum absolute atomic E-state index is 0.317. The third-order valence-corrected chi connectivity index (χ3v) is 6.99. The topological polar surface area (TPSA) is 58.3 Å². The van der Waals surface area contributed by atoms with E-state index in [0.717, 1.165) is 36.5 Å². The van der Waals surface area contributed by atoms with Gasteiger partial charge >= 0.3 is 0 Å². The summed E-state index contributed by atoms with van der Waals surface area (Å²) in [6.07, 6.45) is 6.30. The van der Waals surface area contributed by atoms with Crippen LogP contribution in [0.5, 0.6) is 0 Å². The number of aryl methyl sites for hydroxylation is 1. The molecule has 0 amide bonds. The second-order valence-corrected chi connectivity index (χ2v) is 9.27. The zero-order valence-corrected chi connectivity index (χ0v) is 19.0. The second kappa shape index (κ2) is 9.39. The first-order valence-corrected chi connectivity index (χ1v) is 11.9. The monoisotopic (exact) mass is 427 g/mol. The van der Waals surface area contributed by atoms with Crippen molar-refractivity contribution in [3.63, 3.8) is 0 Å². The Morgan fingerprint density at radius 3 is 2.56 bits per heavy atom. The molecular formula is C27H33N5. The van der Waals surface area contributed by atoms with E-state index in [1.54, 1.807) is 0 Å². The Morgan fingerprint density at radius 2 is 1.75 bits per heavy atom. The molecule has 1 aromatic heterocycles. The molecule has 1 aliphatic carbocycles. The number of nitrogen functional groups attached to an aromatic ring is 1. The van der Waals surface area contributed by atoms with Crippen molar-refractivity contribution < 1.29 is 0 Å². The van der Waals surface area contributed by atoms with Crippen molar-refractivity contribution in [2.45, 2.75) is 31.6 Å². The smallest absolute Gasteiger partial charge is 0.128 e. The summed E-state index contributed by atoms with van der Waals surface area (Å²) in [4.78, 5) is 14.8. The lowest BCUT2D eigenvalue weighted by Gasteiger charge is -2.32. The first-order chi connectivity index (χ1) is 15.7. The van der Waals surface area contributed by atoms with Crippen LogP contribution in [0.25, 0.3) is 11.3 Å². The van der Waals surface area contributed by atoms with Crippen molar-refractivity contribution in [1.29, 1.82) is 0 Å². The molecule has 5 nitrogen and oxygen atoms in total. The van der Waals surface area contributed by atoms with Crippen molar-refractivity contribution >= 4 is 5.69 Å². The Hall–Kier alpha value is -2.76. The van der Waals surface area contributed by atoms with Crippen LogP contribution in [-0.4, -0.2) is 59.5 Å². The fraction of sp³-hybridized carbons (Fsp3) is 0.407. The van der Waals surface area contributed by atoms with Crippen molar-refractivity contribution in [1.82, 2.24) is 19.8 Å². The van der Waals surface area contributed by atoms with Gasteiger partial charge in [-0.25, -0.2) is 9.97 Å². The number of likely N-dealkylation sites (N-methyl/N-ethyl adjacent to an activating group) is 1. The molecule has 166 valence electrons. The van der Waals surface area contributed by atoms with Gasteiger partial charge in [0, 0.05) is 56.0 Å². The maximum atomic E-state index is 5.92. The largest absolute Gasteiger partial charge is 0.399 e. The van der Waals surface area contributed by atoms with E-state index in [1.165, 1.54) is 61.4 Å². The van der Waals surface area contributed by atoms with Crippen LogP contribution in [0.4, 0.5) is 5.69 Å². The highest BCUT2D eigenvalue weighted by Gasteiger charge is 2.27. The predicted octanol–water partition coefficient (Wildman–Crippen LogP) is 3.98. The number of benzene rings is 2. The molecule has 0 spiro atoms. The molecule has 5 heteroatoms. The third-order valence-electron chi connectivity index (χ3n) is 6.99. The van der Waals surface area contributed by atoms with Crippen LogP contribution in [-0.2, 0) is 12.8 Å². The second-order valence-electron chi connectivity index (χ2n) is 9.27. The Morgan fingerprint density at radius 1 is 0.969 bits per heavy atom. The van der Waals surface area contributed by atoms with E-state index in [9.17, 15) is 0 Å². The maximum absolute atomic E-state index is 5.92. The van der Waals surface area contributed by atoms with Crippen LogP contribution in [0.3, 0.4) is 0 Å². The fourth-order valence-electron chi connectivity index (χ4n) is 5.01. The SMILES string of the molecule is CN1CCN(CCCCc2ncc3c(n2)-c2ccccc2C(c2ccc(N)cc2)C3)CC1. The van der Waals surface area contributed by atoms with Gasteiger partial charge in [-0.3, -0.25) is 0 Å². The van der Waals surface area contributed by atoms with E-state index < -0.39 is 0 Å². The molecule has 32 heavy (non-hydrogen) atoms. The summed E-state index contributed by atoms with van der Waals surface area (Å²) >= 11 is 0. The predicted molar refractivity (Wildman–Crippen MR) is 131 cm³/mol. The zero-order chi connectivity index (χ0) is 21.9. The third kappa shape index (κ3) is 4.54. The van der Waals surface area contributed by atoms with E-state index in [1.807, 2.05) is 12.1 Å². The van der Waals surface area contributed by atoms with Gasteiger partial charge in [0.2, 0.25) is 0 Å². The van der Waals surface area contributed by atoms with Gasteiger partial charge < -0.3 is 15.5 Å². The first-order valence-electron chi connectivity index (χ1n) is 11.9. The van der Waals surface area contributed by atoms with Gasteiger partial charge in [-0.05, 0) is 61.7 Å². The number of hydrogen-bond donors (Lipinski definition) is 1. The fourth-order valence-corrected chi connectivity index (χ4v) is 5.01. The standard InChI is InChI=1S/C27H33N5/c1-31-14-16-32(17-15-31)13-5-4-8-26-29-19-21-18-25(20-9-11-22(28)12-10-20)23-6-2-3-7-24(23)27(21)30-26/h2-3,6-7,9-12,19,25H,4-5,8,13-18,28H2,1H3. The van der Waals surface area contributed by atoms with Crippen molar-refractivity contribution in [2.75, 3.05) is 45.5 Å². The van der Waals surface area contributed by atoms with Crippen LogP contribution < -0.4 is 5.73 Å². The summed E-state index contributed by atoms with van der Waals surface area (Å²) in [5.74, 6) is 1.29. The minimum atomic E-state index is 0.317. The molecule has 0 bridgehead atoms. The molecule has 0 saturated carbocycles. The number of piperazine rings is 1. The number of unbranched alkanes of at least 4 members (excludes halogenated alkanes) is 1. The summed E-state index contributed by atoms with van der Waals surface area (Å²) < 4.78 is 0. The molecule has 2 N–H and O–H groups in total. The summed E-state index contributed by atoms with van der Waals surface area (Å²) in [5.41, 5.74) is 13.0. The van der Waals surface area contributed by atoms with Crippen LogP contribution in [0.1, 0.15) is 41.3 Å². The molecule has 1 unspecified atom stereocenters. The van der Waals surface area contributed by atoms with E-state index in [0.29, 0.717) is 5.92 Å². The van der Waals surface area contributed by atoms with Gasteiger partial charge in [0.05, 0.1) is 5.69 Å². The van der Waals surface area contributed by atoms with Crippen LogP contribution in [0.15, 0.2) is 54.7 Å². The zero-order valence-electron chi connectivity index (χ0n) is 19.0. The molecule has 2 heterocycles. The van der Waals surface area contributed by atoms with Gasteiger partial charge in [0.25, 0.3) is 0 Å². The maximum Gasteiger partial charge on any atom is 0.128 e. The Balaban J connectivity index is 1.28. The summed E-state index contributed by atoms with van der Waals surface area (Å²) in [6.45, 7) is 5.94. The van der Waals surface area contributed by atoms with Gasteiger partial charge in [0.1, 0.15) is 5.82 Å². The molecular weight excluding hydrogens is 394 g/mol. The number of rotatable bonds is 6. The van der Waals surface area contributed by atoms with Gasteiger partial charge in [-0.2, -0.15) is 0 Å². The number of fused-ring (bicyclic) bond motifs is 3. The van der Waals surface area contributed by atoms with Crippen molar-refractivity contribution in [3.05, 3.63) is 77.2 Å². The normalized spacial score (nSPS) is 18.8. The lowest BCUT2D eigenvalue weighted by Crippen LogP contribution is -2.44. The van der Waals surface area contributed by atoms with Gasteiger partial charge in [-0.15, -0.1) is 0 Å². The molecule has 3 aromatic rings. The molecule has 1 fully saturated rings. The minimum Gasteiger partial charge on any atom is -0.399 e. The van der Waals surface area contributed by atoms with Crippen molar-refractivity contribution in [3.8, 4) is 11.3 Å². The molecule has 2 aliphatic rings. The van der Waals surface area contributed by atoms with Gasteiger partial charge in [0.15, 0.2) is 0 Å². The average Bonchev–Trinajstić information content (AvgIpc) is 2.83. The van der Waals surface area contributed by atoms with Crippen LogP contribution >= 0.6 is 0 Å². The highest BCUT2D eigenvalue weighted by molar-refractivity contribution is 5.71. The molecule has 5 rings (SSSR count). The molecule has 0 radical (unpaired) electrons. The lowest BCUT2D eigenvalue weighted by molar-refractivity contribution is 0.152. The Bertz CT molecular complexity index is 1050. The molecule has 2 aromatic carbocycles. The lowest BCUT2D eigenvalue weighted by atomic mass is 9.78. The summed E-state index contributed by atoms with van der Waals surface area (Å²) in [7, 11) is 2.21. The Kier molecular flexibility index (Phi) is 6.19.